The normalized spacial score (nSPS) is 21.9. The molecule has 8 heteroatoms. The summed E-state index contributed by atoms with van der Waals surface area (Å²) in [5.74, 6) is 0.298. The molecule has 0 bridgehead atoms. The molecule has 0 aromatic carbocycles. The molecule has 2 aliphatic heterocycles. The Morgan fingerprint density at radius 3 is 3.05 bits per heavy atom. The summed E-state index contributed by atoms with van der Waals surface area (Å²) in [6, 6.07) is 1.80. The van der Waals surface area contributed by atoms with Gasteiger partial charge in [0.2, 0.25) is 0 Å². The average Bonchev–Trinajstić information content (AvgIpc) is 3.07. The minimum atomic E-state index is -0.489. The van der Waals surface area contributed by atoms with Crippen LogP contribution < -0.4 is 10.6 Å². The average molecular weight is 277 g/mol. The van der Waals surface area contributed by atoms with Gasteiger partial charge in [0.25, 0.3) is 0 Å². The van der Waals surface area contributed by atoms with Gasteiger partial charge in [0.05, 0.1) is 19.8 Å². The molecule has 0 atom stereocenters. The van der Waals surface area contributed by atoms with Crippen LogP contribution in [0.15, 0.2) is 17.2 Å². The van der Waals surface area contributed by atoms with Gasteiger partial charge in [-0.2, -0.15) is 5.10 Å². The van der Waals surface area contributed by atoms with Crippen LogP contribution in [-0.2, 0) is 9.47 Å². The molecule has 2 aliphatic rings. The van der Waals surface area contributed by atoms with Crippen molar-refractivity contribution in [3.8, 4) is 0 Å². The minimum Gasteiger partial charge on any atom is -0.351 e. The SMILES string of the molecule is O=c1[nH]nc2cc(N3CCCC4(C3)OCCO4)ncn12. The lowest BCUT2D eigenvalue weighted by Crippen LogP contribution is -2.49. The predicted octanol–water partition coefficient (Wildman–Crippen LogP) is -0.239. The highest BCUT2D eigenvalue weighted by Gasteiger charge is 2.41. The number of rotatable bonds is 1. The molecule has 4 rings (SSSR count). The van der Waals surface area contributed by atoms with Crippen molar-refractivity contribution in [1.82, 2.24) is 19.6 Å². The van der Waals surface area contributed by atoms with Crippen LogP contribution in [0.1, 0.15) is 12.8 Å². The third-order valence-electron chi connectivity index (χ3n) is 3.85. The number of anilines is 1. The van der Waals surface area contributed by atoms with Crippen molar-refractivity contribution in [2.24, 2.45) is 0 Å². The molecule has 2 aromatic heterocycles. The topological polar surface area (TPSA) is 84.8 Å². The Bertz CT molecular complexity index is 688. The summed E-state index contributed by atoms with van der Waals surface area (Å²) in [5, 5.41) is 6.36. The van der Waals surface area contributed by atoms with Crippen molar-refractivity contribution < 1.29 is 9.47 Å². The van der Waals surface area contributed by atoms with E-state index in [1.807, 2.05) is 0 Å². The summed E-state index contributed by atoms with van der Waals surface area (Å²) < 4.78 is 12.9. The number of aromatic amines is 1. The van der Waals surface area contributed by atoms with E-state index in [1.54, 1.807) is 6.07 Å². The molecule has 0 saturated carbocycles. The number of hydrogen-bond donors (Lipinski definition) is 1. The number of hydrogen-bond acceptors (Lipinski definition) is 6. The molecular formula is C12H15N5O3. The van der Waals surface area contributed by atoms with Crippen LogP contribution in [0.3, 0.4) is 0 Å². The molecule has 4 heterocycles. The third-order valence-corrected chi connectivity index (χ3v) is 3.85. The van der Waals surface area contributed by atoms with Crippen molar-refractivity contribution in [3.63, 3.8) is 0 Å². The van der Waals surface area contributed by atoms with E-state index in [2.05, 4.69) is 20.1 Å². The summed E-state index contributed by atoms with van der Waals surface area (Å²) in [7, 11) is 0. The fourth-order valence-corrected chi connectivity index (χ4v) is 2.89. The molecule has 8 nitrogen and oxygen atoms in total. The lowest BCUT2D eigenvalue weighted by atomic mass is 10.0. The number of fused-ring (bicyclic) bond motifs is 1. The van der Waals surface area contributed by atoms with E-state index in [-0.39, 0.29) is 5.69 Å². The zero-order chi connectivity index (χ0) is 13.6. The number of ether oxygens (including phenoxy) is 2. The van der Waals surface area contributed by atoms with Gasteiger partial charge in [0, 0.05) is 19.0 Å². The second-order valence-electron chi connectivity index (χ2n) is 5.14. The number of nitrogens with zero attached hydrogens (tertiary/aromatic N) is 4. The maximum absolute atomic E-state index is 11.4. The first-order valence-corrected chi connectivity index (χ1v) is 6.71. The summed E-state index contributed by atoms with van der Waals surface area (Å²) in [6.07, 6.45) is 3.39. The smallest absolute Gasteiger partial charge is 0.348 e. The summed E-state index contributed by atoms with van der Waals surface area (Å²) in [6.45, 7) is 2.85. The third kappa shape index (κ3) is 1.80. The van der Waals surface area contributed by atoms with Crippen molar-refractivity contribution in [3.05, 3.63) is 22.9 Å². The molecule has 2 fully saturated rings. The Labute approximate surface area is 114 Å². The second-order valence-corrected chi connectivity index (χ2v) is 5.14. The second kappa shape index (κ2) is 4.29. The van der Waals surface area contributed by atoms with Gasteiger partial charge in [-0.1, -0.05) is 0 Å². The highest BCUT2D eigenvalue weighted by Crippen LogP contribution is 2.31. The Balaban J connectivity index is 1.66. The van der Waals surface area contributed by atoms with Gasteiger partial charge in [-0.25, -0.2) is 19.3 Å². The minimum absolute atomic E-state index is 0.281. The van der Waals surface area contributed by atoms with E-state index in [0.29, 0.717) is 25.4 Å². The van der Waals surface area contributed by atoms with Crippen molar-refractivity contribution >= 4 is 11.5 Å². The number of aromatic nitrogens is 4. The first kappa shape index (κ1) is 11.9. The van der Waals surface area contributed by atoms with Crippen LogP contribution in [0.25, 0.3) is 5.65 Å². The van der Waals surface area contributed by atoms with Gasteiger partial charge >= 0.3 is 5.69 Å². The largest absolute Gasteiger partial charge is 0.351 e. The lowest BCUT2D eigenvalue weighted by Gasteiger charge is -2.39. The highest BCUT2D eigenvalue weighted by molar-refractivity contribution is 5.50. The van der Waals surface area contributed by atoms with E-state index in [0.717, 1.165) is 25.2 Å². The number of piperidine rings is 1. The zero-order valence-corrected chi connectivity index (χ0v) is 10.9. The lowest BCUT2D eigenvalue weighted by molar-refractivity contribution is -0.161. The molecule has 0 amide bonds. The molecule has 0 radical (unpaired) electrons. The quantitative estimate of drug-likeness (QED) is 0.774. The van der Waals surface area contributed by atoms with Crippen LogP contribution in [0.4, 0.5) is 5.82 Å². The van der Waals surface area contributed by atoms with Crippen LogP contribution in [-0.4, -0.2) is 51.7 Å². The summed E-state index contributed by atoms with van der Waals surface area (Å²) in [5.41, 5.74) is 0.282. The Hall–Kier alpha value is -1.93. The monoisotopic (exact) mass is 277 g/mol. The van der Waals surface area contributed by atoms with Gasteiger partial charge in [-0.05, 0) is 6.42 Å². The van der Waals surface area contributed by atoms with E-state index in [1.165, 1.54) is 10.7 Å². The summed E-state index contributed by atoms with van der Waals surface area (Å²) >= 11 is 0. The predicted molar refractivity (Wildman–Crippen MR) is 69.7 cm³/mol. The Morgan fingerprint density at radius 2 is 2.20 bits per heavy atom. The van der Waals surface area contributed by atoms with E-state index < -0.39 is 5.79 Å². The Kier molecular flexibility index (Phi) is 2.54. The zero-order valence-electron chi connectivity index (χ0n) is 10.9. The fourth-order valence-electron chi connectivity index (χ4n) is 2.89. The first-order valence-electron chi connectivity index (χ1n) is 6.71. The molecule has 0 aliphatic carbocycles. The van der Waals surface area contributed by atoms with E-state index in [4.69, 9.17) is 9.47 Å². The van der Waals surface area contributed by atoms with Gasteiger partial charge in [0.1, 0.15) is 12.1 Å². The van der Waals surface area contributed by atoms with Crippen LogP contribution >= 0.6 is 0 Å². The van der Waals surface area contributed by atoms with E-state index in [9.17, 15) is 4.79 Å². The number of H-pyrrole nitrogens is 1. The van der Waals surface area contributed by atoms with Crippen molar-refractivity contribution in [1.29, 1.82) is 0 Å². The van der Waals surface area contributed by atoms with Crippen LogP contribution in [0.5, 0.6) is 0 Å². The first-order chi connectivity index (χ1) is 9.76. The number of nitrogens with one attached hydrogen (secondary N) is 1. The summed E-state index contributed by atoms with van der Waals surface area (Å²) in [4.78, 5) is 17.9. The highest BCUT2D eigenvalue weighted by atomic mass is 16.7. The van der Waals surface area contributed by atoms with Crippen molar-refractivity contribution in [2.75, 3.05) is 31.2 Å². The van der Waals surface area contributed by atoms with Gasteiger partial charge < -0.3 is 14.4 Å². The van der Waals surface area contributed by atoms with Crippen molar-refractivity contribution in [2.45, 2.75) is 18.6 Å². The molecule has 1 spiro atoms. The molecule has 0 unspecified atom stereocenters. The molecule has 1 N–H and O–H groups in total. The molecule has 2 aromatic rings. The molecule has 106 valence electrons. The molecule has 2 saturated heterocycles. The van der Waals surface area contributed by atoms with Crippen LogP contribution in [0.2, 0.25) is 0 Å². The standard InChI is InChI=1S/C12H15N5O3/c18-11-15-14-10-6-9(13-8-17(10)11)16-3-1-2-12(7-16)19-4-5-20-12/h6,8H,1-5,7H2,(H,15,18). The molecular weight excluding hydrogens is 262 g/mol. The fraction of sp³-hybridized carbons (Fsp3) is 0.583. The van der Waals surface area contributed by atoms with Gasteiger partial charge in [0.15, 0.2) is 11.4 Å². The van der Waals surface area contributed by atoms with E-state index >= 15 is 0 Å². The maximum atomic E-state index is 11.4. The molecule has 20 heavy (non-hydrogen) atoms. The Morgan fingerprint density at radius 1 is 1.35 bits per heavy atom. The van der Waals surface area contributed by atoms with Gasteiger partial charge in [-0.15, -0.1) is 0 Å². The van der Waals surface area contributed by atoms with Gasteiger partial charge in [-0.3, -0.25) is 0 Å². The van der Waals surface area contributed by atoms with Crippen LogP contribution in [0, 0.1) is 0 Å². The maximum Gasteiger partial charge on any atom is 0.348 e.